The molecule has 1 saturated heterocycles. The number of rotatable bonds is 5. The number of amides is 2. The highest BCUT2D eigenvalue weighted by Gasteiger charge is 2.54. The van der Waals surface area contributed by atoms with Gasteiger partial charge in [-0.05, 0) is 59.9 Å². The Kier molecular flexibility index (Phi) is 6.79. The van der Waals surface area contributed by atoms with Crippen LogP contribution in [0.15, 0.2) is 109 Å². The maximum Gasteiger partial charge on any atom is 0.253 e. The molecule has 224 valence electrons. The lowest BCUT2D eigenvalue weighted by molar-refractivity contribution is -0.126. The summed E-state index contributed by atoms with van der Waals surface area (Å²) in [6.07, 6.45) is 0.770. The number of hydrogen-bond donors (Lipinski definition) is 1. The zero-order valence-corrected chi connectivity index (χ0v) is 26.0. The molecule has 0 radical (unpaired) electrons. The zero-order chi connectivity index (χ0) is 30.5. The molecule has 0 spiro atoms. The summed E-state index contributed by atoms with van der Waals surface area (Å²) in [4.78, 5) is 36.3. The Balaban J connectivity index is 0.952. The van der Waals surface area contributed by atoms with E-state index in [1.165, 1.54) is 39.3 Å². The van der Waals surface area contributed by atoms with E-state index < -0.39 is 5.41 Å². The summed E-state index contributed by atoms with van der Waals surface area (Å²) in [7, 11) is 0. The lowest BCUT2D eigenvalue weighted by Gasteiger charge is -2.50. The SMILES string of the molecule is CC1(C(=O)Nc2nc(-c3ccc(C(=O)N4CCN(c5ccccc5)CC4)cc3)cs2)CC2c3ccccc3C1c1ccccc12. The Morgan fingerprint density at radius 2 is 1.38 bits per heavy atom. The molecule has 1 unspecified atom stereocenters. The van der Waals surface area contributed by atoms with Gasteiger partial charge in [-0.2, -0.15) is 0 Å². The quantitative estimate of drug-likeness (QED) is 0.225. The van der Waals surface area contributed by atoms with Crippen LogP contribution >= 0.6 is 11.3 Å². The molecular weight excluding hydrogens is 577 g/mol. The molecule has 2 bridgehead atoms. The topological polar surface area (TPSA) is 65.5 Å². The highest BCUT2D eigenvalue weighted by Crippen LogP contribution is 2.61. The Morgan fingerprint density at radius 1 is 0.778 bits per heavy atom. The predicted octanol–water partition coefficient (Wildman–Crippen LogP) is 7.40. The molecular formula is C38H34N4O2S. The van der Waals surface area contributed by atoms with Crippen molar-refractivity contribution in [3.63, 3.8) is 0 Å². The number of thiazole rings is 1. The van der Waals surface area contributed by atoms with Gasteiger partial charge in [0.1, 0.15) is 0 Å². The third kappa shape index (κ3) is 4.73. The molecule has 1 atom stereocenters. The average molecular weight is 611 g/mol. The highest BCUT2D eigenvalue weighted by molar-refractivity contribution is 7.14. The number of nitrogens with one attached hydrogen (secondary N) is 1. The highest BCUT2D eigenvalue weighted by atomic mass is 32.1. The summed E-state index contributed by atoms with van der Waals surface area (Å²) >= 11 is 1.44. The minimum absolute atomic E-state index is 0.000676. The monoisotopic (exact) mass is 610 g/mol. The fourth-order valence-corrected chi connectivity index (χ4v) is 8.38. The van der Waals surface area contributed by atoms with E-state index in [0.717, 1.165) is 30.8 Å². The second-order valence-electron chi connectivity index (χ2n) is 12.5. The van der Waals surface area contributed by atoms with Crippen molar-refractivity contribution >= 4 is 34.0 Å². The summed E-state index contributed by atoms with van der Waals surface area (Å²) in [5, 5.41) is 5.74. The number of hydrogen-bond acceptors (Lipinski definition) is 5. The third-order valence-corrected chi connectivity index (χ3v) is 10.7. The van der Waals surface area contributed by atoms with Crippen molar-refractivity contribution < 1.29 is 9.59 Å². The van der Waals surface area contributed by atoms with E-state index in [1.54, 1.807) is 0 Å². The van der Waals surface area contributed by atoms with Crippen molar-refractivity contribution in [3.05, 3.63) is 136 Å². The summed E-state index contributed by atoms with van der Waals surface area (Å²) in [6, 6.07) is 35.2. The second-order valence-corrected chi connectivity index (χ2v) is 13.4. The van der Waals surface area contributed by atoms with Crippen LogP contribution in [0.5, 0.6) is 0 Å². The second kappa shape index (κ2) is 11.0. The van der Waals surface area contributed by atoms with E-state index in [4.69, 9.17) is 4.98 Å². The first-order chi connectivity index (χ1) is 22.0. The Morgan fingerprint density at radius 3 is 2.02 bits per heavy atom. The van der Waals surface area contributed by atoms with Crippen molar-refractivity contribution in [2.45, 2.75) is 25.2 Å². The van der Waals surface area contributed by atoms with E-state index in [9.17, 15) is 9.59 Å². The van der Waals surface area contributed by atoms with Gasteiger partial charge in [-0.3, -0.25) is 9.59 Å². The van der Waals surface area contributed by atoms with Crippen LogP contribution in [0.3, 0.4) is 0 Å². The Bertz CT molecular complexity index is 1850. The summed E-state index contributed by atoms with van der Waals surface area (Å²) in [5.74, 6) is 0.272. The van der Waals surface area contributed by atoms with E-state index in [0.29, 0.717) is 23.8 Å². The maximum absolute atomic E-state index is 14.0. The number of piperazine rings is 1. The van der Waals surface area contributed by atoms with Crippen LogP contribution in [0.2, 0.25) is 0 Å². The zero-order valence-electron chi connectivity index (χ0n) is 25.1. The van der Waals surface area contributed by atoms with Gasteiger partial charge in [0, 0.05) is 60.2 Å². The van der Waals surface area contributed by atoms with Gasteiger partial charge in [0.25, 0.3) is 5.91 Å². The van der Waals surface area contributed by atoms with Crippen molar-refractivity contribution in [1.29, 1.82) is 0 Å². The van der Waals surface area contributed by atoms with Crippen molar-refractivity contribution in [2.75, 3.05) is 36.4 Å². The first-order valence-electron chi connectivity index (χ1n) is 15.6. The summed E-state index contributed by atoms with van der Waals surface area (Å²) in [5.41, 5.74) is 8.21. The fourth-order valence-electron chi connectivity index (χ4n) is 7.67. The van der Waals surface area contributed by atoms with Gasteiger partial charge in [0.05, 0.1) is 11.1 Å². The average Bonchev–Trinajstić information content (AvgIpc) is 3.57. The number of carbonyl (C=O) groups excluding carboxylic acids is 2. The summed E-state index contributed by atoms with van der Waals surface area (Å²) in [6.45, 7) is 5.14. The van der Waals surface area contributed by atoms with Crippen LogP contribution in [-0.4, -0.2) is 47.9 Å². The molecule has 6 nitrogen and oxygen atoms in total. The van der Waals surface area contributed by atoms with Gasteiger partial charge in [0.2, 0.25) is 5.91 Å². The van der Waals surface area contributed by atoms with Gasteiger partial charge in [-0.1, -0.05) is 78.9 Å². The minimum atomic E-state index is -0.589. The van der Waals surface area contributed by atoms with Crippen molar-refractivity contribution in [1.82, 2.24) is 9.88 Å². The van der Waals surface area contributed by atoms with Gasteiger partial charge >= 0.3 is 0 Å². The van der Waals surface area contributed by atoms with Gasteiger partial charge < -0.3 is 15.1 Å². The van der Waals surface area contributed by atoms with Crippen LogP contribution in [-0.2, 0) is 4.79 Å². The molecule has 1 aliphatic heterocycles. The van der Waals surface area contributed by atoms with Gasteiger partial charge in [-0.25, -0.2) is 4.98 Å². The molecule has 3 aliphatic carbocycles. The molecule has 9 rings (SSSR count). The predicted molar refractivity (Wildman–Crippen MR) is 180 cm³/mol. The molecule has 1 aromatic heterocycles. The fraction of sp³-hybridized carbons (Fsp3) is 0.237. The molecule has 0 saturated carbocycles. The molecule has 2 amide bonds. The molecule has 7 heteroatoms. The molecule has 4 aliphatic rings. The van der Waals surface area contributed by atoms with Gasteiger partial charge in [-0.15, -0.1) is 11.3 Å². The Hall–Kier alpha value is -4.75. The number of carbonyl (C=O) groups is 2. The largest absolute Gasteiger partial charge is 0.368 e. The third-order valence-electron chi connectivity index (χ3n) is 9.99. The number of aromatic nitrogens is 1. The van der Waals surface area contributed by atoms with E-state index in [1.807, 2.05) is 52.7 Å². The van der Waals surface area contributed by atoms with Crippen molar-refractivity contribution in [3.8, 4) is 11.3 Å². The normalized spacial score (nSPS) is 21.6. The molecule has 2 heterocycles. The van der Waals surface area contributed by atoms with E-state index >= 15 is 0 Å². The van der Waals surface area contributed by atoms with Crippen LogP contribution in [0.4, 0.5) is 10.8 Å². The first kappa shape index (κ1) is 27.8. The molecule has 45 heavy (non-hydrogen) atoms. The van der Waals surface area contributed by atoms with Gasteiger partial charge in [0.15, 0.2) is 5.13 Å². The number of nitrogens with zero attached hydrogens (tertiary/aromatic N) is 3. The number of para-hydroxylation sites is 1. The van der Waals surface area contributed by atoms with Crippen LogP contribution < -0.4 is 10.2 Å². The lowest BCUT2D eigenvalue weighted by Crippen LogP contribution is -2.48. The smallest absolute Gasteiger partial charge is 0.253 e. The number of anilines is 2. The minimum Gasteiger partial charge on any atom is -0.368 e. The molecule has 1 N–H and O–H groups in total. The number of fused-ring (bicyclic) bond motifs is 1. The maximum atomic E-state index is 14.0. The first-order valence-corrected chi connectivity index (χ1v) is 16.5. The molecule has 4 aromatic carbocycles. The standard InChI is InChI=1S/C38H34N4O2S/c1-38(23-32-28-11-5-7-13-30(28)34(38)31-14-8-6-12-29(31)32)36(44)40-37-39-33(24-45-37)25-15-17-26(18-16-25)35(43)42-21-19-41(20-22-42)27-9-3-2-4-10-27/h2-18,24,32,34H,19-23H2,1H3,(H,39,40,44). The van der Waals surface area contributed by atoms with E-state index in [2.05, 4.69) is 77.8 Å². The lowest BCUT2D eigenvalue weighted by atomic mass is 9.52. The van der Waals surface area contributed by atoms with Crippen molar-refractivity contribution in [2.24, 2.45) is 5.41 Å². The van der Waals surface area contributed by atoms with Crippen LogP contribution in [0.25, 0.3) is 11.3 Å². The Labute approximate surface area is 267 Å². The van der Waals surface area contributed by atoms with Crippen LogP contribution in [0.1, 0.15) is 57.8 Å². The number of benzene rings is 4. The van der Waals surface area contributed by atoms with E-state index in [-0.39, 0.29) is 23.7 Å². The van der Waals surface area contributed by atoms with Crippen LogP contribution in [0, 0.1) is 5.41 Å². The molecule has 1 fully saturated rings. The summed E-state index contributed by atoms with van der Waals surface area (Å²) < 4.78 is 0. The molecule has 5 aromatic rings.